The Morgan fingerprint density at radius 2 is 2.12 bits per heavy atom. The zero-order chi connectivity index (χ0) is 11.4. The van der Waals surface area contributed by atoms with Gasteiger partial charge in [0.05, 0.1) is 0 Å². The lowest BCUT2D eigenvalue weighted by atomic mass is 10.1. The lowest BCUT2D eigenvalue weighted by Crippen LogP contribution is -2.27. The van der Waals surface area contributed by atoms with Crippen molar-refractivity contribution in [2.45, 2.75) is 26.7 Å². The Hall–Kier alpha value is -1.02. The van der Waals surface area contributed by atoms with Crippen molar-refractivity contribution in [2.24, 2.45) is 0 Å². The average molecular weight is 218 g/mol. The highest BCUT2D eigenvalue weighted by Crippen LogP contribution is 2.20. The first-order valence-corrected chi connectivity index (χ1v) is 6.36. The van der Waals surface area contributed by atoms with Crippen LogP contribution >= 0.6 is 0 Å². The molecule has 88 valence electrons. The Bertz CT molecular complexity index is 339. The molecule has 0 atom stereocenters. The monoisotopic (exact) mass is 218 g/mol. The van der Waals surface area contributed by atoms with Gasteiger partial charge < -0.3 is 10.2 Å². The molecule has 1 heterocycles. The van der Waals surface area contributed by atoms with E-state index in [4.69, 9.17) is 0 Å². The van der Waals surface area contributed by atoms with Gasteiger partial charge in [0.1, 0.15) is 0 Å². The molecule has 1 aliphatic rings. The van der Waals surface area contributed by atoms with Gasteiger partial charge in [0.15, 0.2) is 0 Å². The third-order valence-electron chi connectivity index (χ3n) is 3.42. The molecule has 1 aromatic carbocycles. The summed E-state index contributed by atoms with van der Waals surface area (Å²) < 4.78 is 0. The van der Waals surface area contributed by atoms with Crippen LogP contribution in [0.5, 0.6) is 0 Å². The first-order chi connectivity index (χ1) is 7.81. The molecule has 2 heteroatoms. The molecule has 0 bridgehead atoms. The van der Waals surface area contributed by atoms with E-state index in [0.29, 0.717) is 0 Å². The topological polar surface area (TPSA) is 15.3 Å². The average Bonchev–Trinajstić information content (AvgIpc) is 2.58. The van der Waals surface area contributed by atoms with Gasteiger partial charge in [0, 0.05) is 25.3 Å². The van der Waals surface area contributed by atoms with Crippen LogP contribution in [0.2, 0.25) is 0 Å². The first kappa shape index (κ1) is 11.5. The maximum Gasteiger partial charge on any atom is 0.0369 e. The summed E-state index contributed by atoms with van der Waals surface area (Å²) in [4.78, 5) is 2.50. The maximum absolute atomic E-state index is 3.45. The summed E-state index contributed by atoms with van der Waals surface area (Å²) >= 11 is 0. The molecule has 1 fully saturated rings. The number of nitrogens with one attached hydrogen (secondary N) is 1. The minimum Gasteiger partial charge on any atom is -0.370 e. The Kier molecular flexibility index (Phi) is 3.83. The van der Waals surface area contributed by atoms with Gasteiger partial charge in [-0.15, -0.1) is 0 Å². The fraction of sp³-hybridized carbons (Fsp3) is 0.571. The molecule has 0 amide bonds. The molecule has 0 spiro atoms. The van der Waals surface area contributed by atoms with Gasteiger partial charge in [-0.05, 0) is 49.6 Å². The Labute approximate surface area is 98.7 Å². The van der Waals surface area contributed by atoms with Gasteiger partial charge in [0.2, 0.25) is 0 Å². The summed E-state index contributed by atoms with van der Waals surface area (Å²) in [6.45, 7) is 9.01. The smallest absolute Gasteiger partial charge is 0.0369 e. The Morgan fingerprint density at radius 1 is 1.25 bits per heavy atom. The largest absolute Gasteiger partial charge is 0.370 e. The van der Waals surface area contributed by atoms with E-state index >= 15 is 0 Å². The highest BCUT2D eigenvalue weighted by atomic mass is 15.2. The molecule has 0 radical (unpaired) electrons. The fourth-order valence-electron chi connectivity index (χ4n) is 2.34. The summed E-state index contributed by atoms with van der Waals surface area (Å²) in [6.07, 6.45) is 2.38. The second kappa shape index (κ2) is 5.35. The minimum atomic E-state index is 1.11. The molecular weight excluding hydrogens is 196 g/mol. The molecule has 0 saturated carbocycles. The summed E-state index contributed by atoms with van der Waals surface area (Å²) in [6, 6.07) is 6.88. The van der Waals surface area contributed by atoms with Crippen LogP contribution in [0, 0.1) is 6.92 Å². The van der Waals surface area contributed by atoms with E-state index in [9.17, 15) is 0 Å². The molecule has 2 rings (SSSR count). The highest BCUT2D eigenvalue weighted by molar-refractivity contribution is 5.51. The van der Waals surface area contributed by atoms with Crippen molar-refractivity contribution in [3.8, 4) is 0 Å². The van der Waals surface area contributed by atoms with Crippen molar-refractivity contribution in [2.75, 3.05) is 31.1 Å². The van der Waals surface area contributed by atoms with Crippen LogP contribution in [-0.4, -0.2) is 26.2 Å². The van der Waals surface area contributed by atoms with Crippen molar-refractivity contribution < 1.29 is 0 Å². The molecule has 1 N–H and O–H groups in total. The van der Waals surface area contributed by atoms with Crippen molar-refractivity contribution in [3.05, 3.63) is 29.3 Å². The summed E-state index contributed by atoms with van der Waals surface area (Å²) in [5.41, 5.74) is 4.29. The second-order valence-corrected chi connectivity index (χ2v) is 4.55. The van der Waals surface area contributed by atoms with Crippen LogP contribution in [0.25, 0.3) is 0 Å². The molecule has 1 saturated heterocycles. The van der Waals surface area contributed by atoms with E-state index < -0.39 is 0 Å². The fourth-order valence-corrected chi connectivity index (χ4v) is 2.34. The molecule has 0 unspecified atom stereocenters. The SMILES string of the molecule is CCc1cc(N2CCCNCC2)ccc1C. The van der Waals surface area contributed by atoms with Gasteiger partial charge >= 0.3 is 0 Å². The van der Waals surface area contributed by atoms with Gasteiger partial charge in [-0.1, -0.05) is 13.0 Å². The number of aryl methyl sites for hydroxylation is 2. The van der Waals surface area contributed by atoms with Crippen LogP contribution in [0.15, 0.2) is 18.2 Å². The molecule has 16 heavy (non-hydrogen) atoms. The number of rotatable bonds is 2. The third-order valence-corrected chi connectivity index (χ3v) is 3.42. The number of nitrogens with zero attached hydrogens (tertiary/aromatic N) is 1. The maximum atomic E-state index is 3.45. The lowest BCUT2D eigenvalue weighted by Gasteiger charge is -2.23. The van der Waals surface area contributed by atoms with Crippen molar-refractivity contribution in [1.29, 1.82) is 0 Å². The number of hydrogen-bond acceptors (Lipinski definition) is 2. The van der Waals surface area contributed by atoms with Crippen LogP contribution < -0.4 is 10.2 Å². The van der Waals surface area contributed by atoms with Gasteiger partial charge in [-0.2, -0.15) is 0 Å². The van der Waals surface area contributed by atoms with Gasteiger partial charge in [-0.25, -0.2) is 0 Å². The van der Waals surface area contributed by atoms with E-state index in [0.717, 1.165) is 26.1 Å². The van der Waals surface area contributed by atoms with E-state index in [2.05, 4.69) is 42.3 Å². The molecule has 0 aromatic heterocycles. The standard InChI is InChI=1S/C14H22N2/c1-3-13-11-14(6-5-12(13)2)16-9-4-7-15-8-10-16/h5-6,11,15H,3-4,7-10H2,1-2H3. The van der Waals surface area contributed by atoms with Crippen molar-refractivity contribution in [1.82, 2.24) is 5.32 Å². The van der Waals surface area contributed by atoms with Crippen molar-refractivity contribution in [3.63, 3.8) is 0 Å². The number of hydrogen-bond donors (Lipinski definition) is 1. The van der Waals surface area contributed by atoms with E-state index in [1.54, 1.807) is 0 Å². The van der Waals surface area contributed by atoms with Crippen LogP contribution in [-0.2, 0) is 6.42 Å². The van der Waals surface area contributed by atoms with Gasteiger partial charge in [0.25, 0.3) is 0 Å². The quantitative estimate of drug-likeness (QED) is 0.820. The summed E-state index contributed by atoms with van der Waals surface area (Å²) in [5, 5.41) is 3.45. The zero-order valence-electron chi connectivity index (χ0n) is 10.4. The van der Waals surface area contributed by atoms with Crippen LogP contribution in [0.3, 0.4) is 0 Å². The summed E-state index contributed by atoms with van der Waals surface area (Å²) in [5.74, 6) is 0. The minimum absolute atomic E-state index is 1.11. The normalized spacial score (nSPS) is 17.2. The van der Waals surface area contributed by atoms with Crippen molar-refractivity contribution >= 4 is 5.69 Å². The molecule has 1 aliphatic heterocycles. The predicted molar refractivity (Wildman–Crippen MR) is 70.3 cm³/mol. The predicted octanol–water partition coefficient (Wildman–Crippen LogP) is 2.36. The summed E-state index contributed by atoms with van der Waals surface area (Å²) in [7, 11) is 0. The Morgan fingerprint density at radius 3 is 2.94 bits per heavy atom. The van der Waals surface area contributed by atoms with E-state index in [1.165, 1.54) is 29.8 Å². The van der Waals surface area contributed by atoms with E-state index in [1.807, 2.05) is 0 Å². The van der Waals surface area contributed by atoms with Crippen LogP contribution in [0.4, 0.5) is 5.69 Å². The lowest BCUT2D eigenvalue weighted by molar-refractivity contribution is 0.724. The Balaban J connectivity index is 2.18. The zero-order valence-corrected chi connectivity index (χ0v) is 10.4. The second-order valence-electron chi connectivity index (χ2n) is 4.55. The first-order valence-electron chi connectivity index (χ1n) is 6.36. The highest BCUT2D eigenvalue weighted by Gasteiger charge is 2.10. The third kappa shape index (κ3) is 2.56. The molecular formula is C14H22N2. The van der Waals surface area contributed by atoms with Crippen LogP contribution in [0.1, 0.15) is 24.5 Å². The van der Waals surface area contributed by atoms with Gasteiger partial charge in [-0.3, -0.25) is 0 Å². The molecule has 2 nitrogen and oxygen atoms in total. The molecule has 1 aromatic rings. The number of benzene rings is 1. The molecule has 0 aliphatic carbocycles. The van der Waals surface area contributed by atoms with E-state index in [-0.39, 0.29) is 0 Å². The number of anilines is 1.